The number of hydrogen-bond donors (Lipinski definition) is 1. The highest BCUT2D eigenvalue weighted by atomic mass is 32.2. The molecule has 10 heteroatoms. The summed E-state index contributed by atoms with van der Waals surface area (Å²) in [4.78, 5) is 19.1. The Morgan fingerprint density at radius 1 is 1.14 bits per heavy atom. The van der Waals surface area contributed by atoms with Crippen LogP contribution in [0.2, 0.25) is 0 Å². The zero-order valence-electron chi connectivity index (χ0n) is 20.6. The molecule has 5 rings (SSSR count). The van der Waals surface area contributed by atoms with Gasteiger partial charge in [-0.3, -0.25) is 4.40 Å². The third-order valence-corrected chi connectivity index (χ3v) is 8.15. The summed E-state index contributed by atoms with van der Waals surface area (Å²) < 4.78 is 26.4. The Kier molecular flexibility index (Phi) is 6.10. The maximum Gasteiger partial charge on any atom is 0.236 e. The summed E-state index contributed by atoms with van der Waals surface area (Å²) in [7, 11) is -3.32. The van der Waals surface area contributed by atoms with Crippen LogP contribution in [0.3, 0.4) is 0 Å². The number of piperazine rings is 1. The van der Waals surface area contributed by atoms with E-state index in [1.165, 1.54) is 6.26 Å². The van der Waals surface area contributed by atoms with Crippen molar-refractivity contribution in [1.82, 2.24) is 24.3 Å². The van der Waals surface area contributed by atoms with Crippen molar-refractivity contribution in [3.8, 4) is 0 Å². The van der Waals surface area contributed by atoms with Gasteiger partial charge in [0.25, 0.3) is 0 Å². The maximum absolute atomic E-state index is 12.2. The van der Waals surface area contributed by atoms with Crippen LogP contribution in [0.5, 0.6) is 0 Å². The molecular weight excluding hydrogens is 462 g/mol. The Labute approximate surface area is 205 Å². The van der Waals surface area contributed by atoms with Crippen molar-refractivity contribution in [2.24, 2.45) is 0 Å². The molecule has 3 aromatic heterocycles. The first-order valence-electron chi connectivity index (χ1n) is 11.9. The molecule has 1 aromatic carbocycles. The Morgan fingerprint density at radius 3 is 2.63 bits per heavy atom. The third-order valence-electron chi connectivity index (χ3n) is 6.90. The van der Waals surface area contributed by atoms with Gasteiger partial charge in [0.1, 0.15) is 11.6 Å². The number of imidazole rings is 1. The zero-order chi connectivity index (χ0) is 24.7. The lowest BCUT2D eigenvalue weighted by Gasteiger charge is -2.34. The fourth-order valence-corrected chi connectivity index (χ4v) is 5.91. The second-order valence-corrected chi connectivity index (χ2v) is 11.1. The van der Waals surface area contributed by atoms with Crippen molar-refractivity contribution in [3.05, 3.63) is 54.0 Å². The first kappa shape index (κ1) is 23.5. The van der Waals surface area contributed by atoms with E-state index in [-0.39, 0.29) is 6.04 Å². The summed E-state index contributed by atoms with van der Waals surface area (Å²) in [5, 5.41) is 4.48. The topological polar surface area (TPSA) is 95.7 Å². The number of anilines is 2. The highest BCUT2D eigenvalue weighted by molar-refractivity contribution is 7.90. The number of benzene rings is 1. The van der Waals surface area contributed by atoms with Crippen LogP contribution in [0.15, 0.2) is 47.8 Å². The van der Waals surface area contributed by atoms with E-state index in [1.54, 1.807) is 18.3 Å². The van der Waals surface area contributed by atoms with Crippen molar-refractivity contribution < 1.29 is 8.42 Å². The van der Waals surface area contributed by atoms with Crippen LogP contribution in [0, 0.1) is 6.92 Å². The van der Waals surface area contributed by atoms with E-state index < -0.39 is 9.84 Å². The lowest BCUT2D eigenvalue weighted by atomic mass is 10.0. The van der Waals surface area contributed by atoms with Gasteiger partial charge in [0, 0.05) is 50.2 Å². The van der Waals surface area contributed by atoms with Crippen LogP contribution >= 0.6 is 0 Å². The van der Waals surface area contributed by atoms with Crippen LogP contribution in [0.25, 0.3) is 16.7 Å². The predicted molar refractivity (Wildman–Crippen MR) is 139 cm³/mol. The highest BCUT2D eigenvalue weighted by Crippen LogP contribution is 2.31. The number of sulfone groups is 1. The molecule has 184 valence electrons. The minimum absolute atomic E-state index is 0.172. The molecule has 0 amide bonds. The summed E-state index contributed by atoms with van der Waals surface area (Å²) in [6, 6.07) is 7.32. The van der Waals surface area contributed by atoms with Gasteiger partial charge in [0.15, 0.2) is 9.84 Å². The standard InChI is InChI=1S/C25H31N7O2S/c1-5-30-11-13-31(14-12-30)23-15-20-21(16-27-23)32-10-9-26-25(32)29-24(20)28-18(3)19-7-6-8-22(17(19)2)35(4,33)34/h6-10,15-16,18H,5,11-14H2,1-4H3,(H,26,28,29). The van der Waals surface area contributed by atoms with E-state index in [2.05, 4.69) is 33.1 Å². The van der Waals surface area contributed by atoms with E-state index in [4.69, 9.17) is 9.97 Å². The lowest BCUT2D eigenvalue weighted by Crippen LogP contribution is -2.46. The molecule has 4 aromatic rings. The number of likely N-dealkylation sites (N-methyl/N-ethyl adjacent to an activating group) is 1. The van der Waals surface area contributed by atoms with Gasteiger partial charge in [-0.15, -0.1) is 0 Å². The second kappa shape index (κ2) is 9.09. The molecule has 0 saturated carbocycles. The van der Waals surface area contributed by atoms with Crippen molar-refractivity contribution in [2.75, 3.05) is 49.2 Å². The molecule has 1 fully saturated rings. The summed E-state index contributed by atoms with van der Waals surface area (Å²) >= 11 is 0. The molecule has 4 heterocycles. The van der Waals surface area contributed by atoms with E-state index in [0.717, 1.165) is 60.6 Å². The summed E-state index contributed by atoms with van der Waals surface area (Å²) in [5.74, 6) is 2.21. The molecule has 0 aliphatic carbocycles. The number of hydrogen-bond acceptors (Lipinski definition) is 8. The molecule has 1 saturated heterocycles. The van der Waals surface area contributed by atoms with Crippen LogP contribution in [0.1, 0.15) is 31.0 Å². The number of fused-ring (bicyclic) bond motifs is 3. The van der Waals surface area contributed by atoms with Gasteiger partial charge >= 0.3 is 0 Å². The Bertz CT molecular complexity index is 1490. The number of rotatable bonds is 6. The Balaban J connectivity index is 1.55. The van der Waals surface area contributed by atoms with Crippen LogP contribution in [-0.4, -0.2) is 71.6 Å². The highest BCUT2D eigenvalue weighted by Gasteiger charge is 2.21. The monoisotopic (exact) mass is 493 g/mol. The van der Waals surface area contributed by atoms with E-state index >= 15 is 0 Å². The summed E-state index contributed by atoms with van der Waals surface area (Å²) in [6.45, 7) is 11.0. The molecule has 0 spiro atoms. The van der Waals surface area contributed by atoms with E-state index in [0.29, 0.717) is 16.5 Å². The first-order chi connectivity index (χ1) is 16.8. The summed E-state index contributed by atoms with van der Waals surface area (Å²) in [5.41, 5.74) is 2.58. The first-order valence-corrected chi connectivity index (χ1v) is 13.8. The molecule has 0 radical (unpaired) electrons. The second-order valence-electron chi connectivity index (χ2n) is 9.15. The van der Waals surface area contributed by atoms with Gasteiger partial charge < -0.3 is 15.1 Å². The van der Waals surface area contributed by atoms with Gasteiger partial charge in [0.05, 0.1) is 22.7 Å². The molecule has 1 unspecified atom stereocenters. The fourth-order valence-electron chi connectivity index (χ4n) is 4.91. The normalized spacial score (nSPS) is 16.2. The van der Waals surface area contributed by atoms with E-state index in [9.17, 15) is 8.42 Å². The quantitative estimate of drug-likeness (QED) is 0.437. The van der Waals surface area contributed by atoms with Crippen LogP contribution < -0.4 is 10.2 Å². The minimum atomic E-state index is -3.32. The molecule has 1 aliphatic rings. The third kappa shape index (κ3) is 4.43. The van der Waals surface area contributed by atoms with Gasteiger partial charge in [-0.05, 0) is 43.7 Å². The number of aromatic nitrogens is 4. The van der Waals surface area contributed by atoms with Gasteiger partial charge in [-0.25, -0.2) is 18.4 Å². The van der Waals surface area contributed by atoms with Crippen molar-refractivity contribution in [3.63, 3.8) is 0 Å². The zero-order valence-corrected chi connectivity index (χ0v) is 21.4. The number of nitrogens with one attached hydrogen (secondary N) is 1. The average molecular weight is 494 g/mol. The molecule has 1 aliphatic heterocycles. The smallest absolute Gasteiger partial charge is 0.236 e. The van der Waals surface area contributed by atoms with Crippen molar-refractivity contribution in [2.45, 2.75) is 31.7 Å². The molecule has 9 nitrogen and oxygen atoms in total. The minimum Gasteiger partial charge on any atom is -0.363 e. The largest absolute Gasteiger partial charge is 0.363 e. The van der Waals surface area contributed by atoms with Gasteiger partial charge in [-0.2, -0.15) is 4.98 Å². The summed E-state index contributed by atoms with van der Waals surface area (Å²) in [6.07, 6.45) is 6.75. The number of nitrogens with zero attached hydrogens (tertiary/aromatic N) is 6. The molecule has 35 heavy (non-hydrogen) atoms. The predicted octanol–water partition coefficient (Wildman–Crippen LogP) is 3.30. The van der Waals surface area contributed by atoms with Crippen molar-refractivity contribution >= 4 is 38.2 Å². The SMILES string of the molecule is CCN1CCN(c2cc3c(NC(C)c4cccc(S(C)(=O)=O)c4C)nc4nccn4c3cn2)CC1. The average Bonchev–Trinajstić information content (AvgIpc) is 3.32. The molecule has 0 bridgehead atoms. The van der Waals surface area contributed by atoms with E-state index in [1.807, 2.05) is 36.7 Å². The van der Waals surface area contributed by atoms with Gasteiger partial charge in [-0.1, -0.05) is 19.1 Å². The lowest BCUT2D eigenvalue weighted by molar-refractivity contribution is 0.270. The number of pyridine rings is 1. The fraction of sp³-hybridized carbons (Fsp3) is 0.400. The van der Waals surface area contributed by atoms with Crippen LogP contribution in [0.4, 0.5) is 11.6 Å². The maximum atomic E-state index is 12.2. The molecular formula is C25H31N7O2S. The Hall–Kier alpha value is -3.24. The Morgan fingerprint density at radius 2 is 1.91 bits per heavy atom. The van der Waals surface area contributed by atoms with Crippen molar-refractivity contribution in [1.29, 1.82) is 0 Å². The molecule has 1 atom stereocenters. The molecule has 1 N–H and O–H groups in total. The van der Waals surface area contributed by atoms with Gasteiger partial charge in [0.2, 0.25) is 5.78 Å². The van der Waals surface area contributed by atoms with Crippen LogP contribution in [-0.2, 0) is 9.84 Å².